The summed E-state index contributed by atoms with van der Waals surface area (Å²) in [6.45, 7) is 5.09. The van der Waals surface area contributed by atoms with Gasteiger partial charge in [-0.05, 0) is 49.1 Å². The van der Waals surface area contributed by atoms with Gasteiger partial charge in [-0.1, -0.05) is 18.2 Å². The molecular weight excluding hydrogens is 445 g/mol. The average molecular weight is 479 g/mol. The molecule has 0 radical (unpaired) electrons. The van der Waals surface area contributed by atoms with Crippen LogP contribution in [-0.2, 0) is 16.1 Å². The van der Waals surface area contributed by atoms with Crippen molar-refractivity contribution in [3.05, 3.63) is 42.0 Å². The first-order chi connectivity index (χ1) is 16.9. The number of aliphatic hydroxyl groups is 1. The molecular formula is C26H34BN3O5. The van der Waals surface area contributed by atoms with E-state index in [2.05, 4.69) is 17.4 Å². The van der Waals surface area contributed by atoms with Gasteiger partial charge in [0.05, 0.1) is 38.2 Å². The van der Waals surface area contributed by atoms with Crippen molar-refractivity contribution in [1.82, 2.24) is 4.90 Å². The number of nitrogens with one attached hydrogen (secondary N) is 1. The zero-order valence-corrected chi connectivity index (χ0v) is 20.8. The van der Waals surface area contributed by atoms with E-state index < -0.39 is 5.60 Å². The lowest BCUT2D eigenvalue weighted by Gasteiger charge is -2.36. The number of likely N-dealkylation sites (tertiary alicyclic amines) is 1. The number of amides is 1. The molecule has 4 rings (SSSR count). The fraction of sp³-hybridized carbons (Fsp3) is 0.462. The van der Waals surface area contributed by atoms with E-state index >= 15 is 0 Å². The first-order valence-corrected chi connectivity index (χ1v) is 12.1. The lowest BCUT2D eigenvalue weighted by Crippen LogP contribution is -2.47. The van der Waals surface area contributed by atoms with E-state index in [0.29, 0.717) is 63.7 Å². The molecule has 1 fully saturated rings. The number of aliphatic imine (C=N–C) groups is 1. The average Bonchev–Trinajstić information content (AvgIpc) is 2.86. The van der Waals surface area contributed by atoms with Crippen LogP contribution in [0.3, 0.4) is 0 Å². The lowest BCUT2D eigenvalue weighted by molar-refractivity contribution is 0.00667. The fourth-order valence-electron chi connectivity index (χ4n) is 4.44. The third kappa shape index (κ3) is 6.23. The summed E-state index contributed by atoms with van der Waals surface area (Å²) in [7, 11) is 3.53. The van der Waals surface area contributed by atoms with Crippen LogP contribution in [0.1, 0.15) is 25.3 Å². The molecule has 0 bridgehead atoms. The summed E-state index contributed by atoms with van der Waals surface area (Å²) in [5.41, 5.74) is 4.85. The fourth-order valence-corrected chi connectivity index (χ4v) is 4.44. The summed E-state index contributed by atoms with van der Waals surface area (Å²) in [6, 6.07) is 12.2. The number of carbonyl (C=O) groups is 1. The molecule has 0 atom stereocenters. The second-order valence-electron chi connectivity index (χ2n) is 9.37. The van der Waals surface area contributed by atoms with Gasteiger partial charge in [0, 0.05) is 37.9 Å². The van der Waals surface area contributed by atoms with Crippen molar-refractivity contribution in [3.8, 4) is 16.9 Å². The number of benzene rings is 2. The van der Waals surface area contributed by atoms with Crippen LogP contribution in [0.5, 0.6) is 5.75 Å². The monoisotopic (exact) mass is 479 g/mol. The predicted octanol–water partition coefficient (Wildman–Crippen LogP) is 3.38. The zero-order chi connectivity index (χ0) is 24.8. The van der Waals surface area contributed by atoms with Crippen LogP contribution in [0.15, 0.2) is 41.4 Å². The van der Waals surface area contributed by atoms with Crippen molar-refractivity contribution in [2.45, 2.75) is 32.0 Å². The number of anilines is 1. The summed E-state index contributed by atoms with van der Waals surface area (Å²) >= 11 is 0. The summed E-state index contributed by atoms with van der Waals surface area (Å²) in [4.78, 5) is 19.6. The van der Waals surface area contributed by atoms with E-state index in [0.717, 1.165) is 28.0 Å². The Hall–Kier alpha value is -2.88. The Morgan fingerprint density at radius 3 is 2.74 bits per heavy atom. The number of nitrogens with zero attached hydrogens (tertiary/aromatic N) is 2. The van der Waals surface area contributed by atoms with Crippen LogP contribution in [-0.4, -0.2) is 81.4 Å². The van der Waals surface area contributed by atoms with Crippen molar-refractivity contribution in [1.29, 1.82) is 0 Å². The quantitative estimate of drug-likeness (QED) is 0.423. The Kier molecular flexibility index (Phi) is 8.10. The number of rotatable bonds is 9. The minimum absolute atomic E-state index is 0.0424. The van der Waals surface area contributed by atoms with Crippen LogP contribution in [0.25, 0.3) is 11.1 Å². The van der Waals surface area contributed by atoms with Crippen LogP contribution in [0, 0.1) is 0 Å². The highest BCUT2D eigenvalue weighted by Crippen LogP contribution is 2.44. The number of carbonyl (C=O) groups excluding carboxylic acids is 1. The Morgan fingerprint density at radius 1 is 1.20 bits per heavy atom. The highest BCUT2D eigenvalue weighted by Gasteiger charge is 2.31. The normalized spacial score (nSPS) is 16.7. The number of methoxy groups -OCH3 is 2. The summed E-state index contributed by atoms with van der Waals surface area (Å²) in [5, 5.41) is 13.7. The molecule has 2 aromatic rings. The molecule has 8 nitrogen and oxygen atoms in total. The molecule has 2 aromatic carbocycles. The molecule has 2 heterocycles. The summed E-state index contributed by atoms with van der Waals surface area (Å²) in [5.74, 6) is 0.703. The minimum Gasteiger partial charge on any atom is -0.494 e. The maximum Gasteiger partial charge on any atom is 0.287 e. The Labute approximate surface area is 207 Å². The summed E-state index contributed by atoms with van der Waals surface area (Å²) in [6.07, 6.45) is 1.19. The first kappa shape index (κ1) is 25.2. The third-order valence-corrected chi connectivity index (χ3v) is 6.59. The second kappa shape index (κ2) is 11.2. The lowest BCUT2D eigenvalue weighted by atomic mass is 9.69. The van der Waals surface area contributed by atoms with E-state index in [1.807, 2.05) is 36.1 Å². The zero-order valence-electron chi connectivity index (χ0n) is 20.8. The van der Waals surface area contributed by atoms with Crippen molar-refractivity contribution < 1.29 is 24.1 Å². The van der Waals surface area contributed by atoms with Gasteiger partial charge < -0.3 is 29.5 Å². The van der Waals surface area contributed by atoms with E-state index in [9.17, 15) is 9.90 Å². The molecule has 35 heavy (non-hydrogen) atoms. The molecule has 0 saturated carbocycles. The number of hydrogen-bond acceptors (Lipinski definition) is 7. The highest BCUT2D eigenvalue weighted by molar-refractivity contribution is 6.98. The summed E-state index contributed by atoms with van der Waals surface area (Å²) < 4.78 is 16.3. The van der Waals surface area contributed by atoms with Gasteiger partial charge in [-0.2, -0.15) is 0 Å². The molecule has 2 aliphatic heterocycles. The largest absolute Gasteiger partial charge is 0.494 e. The van der Waals surface area contributed by atoms with E-state index in [1.54, 1.807) is 14.2 Å². The minimum atomic E-state index is -0.684. The Bertz CT molecular complexity index is 1080. The second-order valence-corrected chi connectivity index (χ2v) is 9.37. The smallest absolute Gasteiger partial charge is 0.287 e. The maximum atomic E-state index is 12.9. The topological polar surface area (TPSA) is 92.6 Å². The highest BCUT2D eigenvalue weighted by atomic mass is 16.5. The molecule has 186 valence electrons. The predicted molar refractivity (Wildman–Crippen MR) is 140 cm³/mol. The molecule has 0 unspecified atom stereocenters. The molecule has 2 aliphatic rings. The Morgan fingerprint density at radius 2 is 2.00 bits per heavy atom. The molecule has 2 N–H and O–H groups in total. The van der Waals surface area contributed by atoms with Gasteiger partial charge in [0.15, 0.2) is 5.81 Å². The van der Waals surface area contributed by atoms with E-state index in [4.69, 9.17) is 19.2 Å². The van der Waals surface area contributed by atoms with Crippen molar-refractivity contribution in [2.24, 2.45) is 4.99 Å². The van der Waals surface area contributed by atoms with Gasteiger partial charge in [-0.3, -0.25) is 9.79 Å². The van der Waals surface area contributed by atoms with Crippen LogP contribution < -0.4 is 10.1 Å². The van der Waals surface area contributed by atoms with Crippen molar-refractivity contribution >= 4 is 30.1 Å². The molecule has 0 aliphatic carbocycles. The molecule has 0 spiro atoms. The van der Waals surface area contributed by atoms with Crippen LogP contribution in [0.4, 0.5) is 16.2 Å². The van der Waals surface area contributed by atoms with Crippen LogP contribution in [0.2, 0.25) is 0 Å². The number of fused-ring (bicyclic) bond motifs is 1. The third-order valence-electron chi connectivity index (χ3n) is 6.59. The Balaban J connectivity index is 1.53. The van der Waals surface area contributed by atoms with Gasteiger partial charge in [-0.15, -0.1) is 0 Å². The van der Waals surface area contributed by atoms with Crippen molar-refractivity contribution in [3.63, 3.8) is 0 Å². The number of hydrogen-bond donors (Lipinski definition) is 2. The molecule has 9 heteroatoms. The van der Waals surface area contributed by atoms with Gasteiger partial charge in [0.2, 0.25) is 0 Å². The number of ether oxygens (including phenoxy) is 3. The van der Waals surface area contributed by atoms with Gasteiger partial charge in [-0.25, -0.2) is 0 Å². The SMILES string of the molecule is COCCOCc1cccc(-c2ccc(OC)c3c2NCC(BC(=O)N2CCC(C)(O)CC2)=N3)c1. The van der Waals surface area contributed by atoms with Crippen molar-refractivity contribution in [2.75, 3.05) is 52.4 Å². The van der Waals surface area contributed by atoms with Gasteiger partial charge in [0.1, 0.15) is 11.4 Å². The van der Waals surface area contributed by atoms with E-state index in [1.165, 1.54) is 0 Å². The first-order valence-electron chi connectivity index (χ1n) is 12.1. The van der Waals surface area contributed by atoms with Crippen LogP contribution >= 0.6 is 0 Å². The molecule has 1 amide bonds. The number of piperidine rings is 1. The van der Waals surface area contributed by atoms with E-state index in [-0.39, 0.29) is 13.1 Å². The van der Waals surface area contributed by atoms with Gasteiger partial charge in [0.25, 0.3) is 7.28 Å². The molecule has 1 saturated heterocycles. The molecule has 0 aromatic heterocycles. The standard InChI is InChI=1S/C26H34BN3O5/c1-26(32)9-11-30(12-10-26)25(31)27-22-16-28-23-20(7-8-21(34-3)24(23)29-22)19-6-4-5-18(15-19)17-35-14-13-33-2/h4-8,15,27-28,32H,9-14,16-17H2,1-3H3. The van der Waals surface area contributed by atoms with Gasteiger partial charge >= 0.3 is 0 Å². The maximum absolute atomic E-state index is 12.9.